The molecule has 0 radical (unpaired) electrons. The van der Waals surface area contributed by atoms with Crippen LogP contribution in [0.2, 0.25) is 0 Å². The Balaban J connectivity index is 1.67. The summed E-state index contributed by atoms with van der Waals surface area (Å²) < 4.78 is 34.1. The predicted molar refractivity (Wildman–Crippen MR) is 98.9 cm³/mol. The number of aromatic nitrogens is 1. The van der Waals surface area contributed by atoms with Crippen LogP contribution in [-0.4, -0.2) is 21.8 Å². The Bertz CT molecular complexity index is 808. The van der Waals surface area contributed by atoms with Gasteiger partial charge in [0.15, 0.2) is 17.4 Å². The summed E-state index contributed by atoms with van der Waals surface area (Å²) in [7, 11) is 0. The minimum Gasteiger partial charge on any atom is -0.483 e. The van der Waals surface area contributed by atoms with E-state index in [1.807, 2.05) is 6.07 Å². The molecule has 0 aliphatic heterocycles. The van der Waals surface area contributed by atoms with Gasteiger partial charge in [-0.05, 0) is 54.7 Å². The third-order valence-electron chi connectivity index (χ3n) is 4.46. The summed E-state index contributed by atoms with van der Waals surface area (Å²) in [5, 5.41) is 9.73. The van der Waals surface area contributed by atoms with Crippen molar-refractivity contribution in [1.29, 1.82) is 0 Å². The number of thioether (sulfide) groups is 1. The van der Waals surface area contributed by atoms with Crippen molar-refractivity contribution in [3.8, 4) is 5.75 Å². The third kappa shape index (κ3) is 4.97. The molecule has 0 saturated heterocycles. The van der Waals surface area contributed by atoms with Crippen molar-refractivity contribution >= 4 is 17.7 Å². The standard InChI is InChI=1S/C20H21F2NO3S/c1-2-6-27-19-13(4-3-5-23-19)11-26-18-16(21)8-12(9-17(18)22)7-14-10-15(14)20(24)25/h3-5,8-9,14-15H,2,6-7,10-11H2,1H3,(H,24,25). The molecule has 2 aromatic rings. The summed E-state index contributed by atoms with van der Waals surface area (Å²) in [6, 6.07) is 6.05. The van der Waals surface area contributed by atoms with E-state index in [2.05, 4.69) is 11.9 Å². The lowest BCUT2D eigenvalue weighted by atomic mass is 10.1. The Morgan fingerprint density at radius 1 is 1.37 bits per heavy atom. The van der Waals surface area contributed by atoms with Crippen LogP contribution in [0.25, 0.3) is 0 Å². The van der Waals surface area contributed by atoms with Gasteiger partial charge in [0, 0.05) is 11.8 Å². The topological polar surface area (TPSA) is 59.4 Å². The molecule has 1 aromatic carbocycles. The van der Waals surface area contributed by atoms with Crippen LogP contribution in [0.1, 0.15) is 30.9 Å². The smallest absolute Gasteiger partial charge is 0.306 e. The Morgan fingerprint density at radius 2 is 2.11 bits per heavy atom. The zero-order valence-electron chi connectivity index (χ0n) is 15.0. The van der Waals surface area contributed by atoms with E-state index in [0.717, 1.165) is 22.8 Å². The number of carboxylic acids is 1. The molecule has 7 heteroatoms. The van der Waals surface area contributed by atoms with E-state index in [4.69, 9.17) is 9.84 Å². The monoisotopic (exact) mass is 393 g/mol. The second-order valence-corrected chi connectivity index (χ2v) is 7.72. The fourth-order valence-electron chi connectivity index (χ4n) is 2.96. The van der Waals surface area contributed by atoms with Crippen LogP contribution in [0.4, 0.5) is 8.78 Å². The zero-order valence-corrected chi connectivity index (χ0v) is 15.8. The van der Waals surface area contributed by atoms with Gasteiger partial charge in [0.2, 0.25) is 0 Å². The summed E-state index contributed by atoms with van der Waals surface area (Å²) in [4.78, 5) is 15.2. The largest absolute Gasteiger partial charge is 0.483 e. The fraction of sp³-hybridized carbons (Fsp3) is 0.400. The lowest BCUT2D eigenvalue weighted by molar-refractivity contribution is -0.138. The van der Waals surface area contributed by atoms with Gasteiger partial charge in [-0.3, -0.25) is 4.79 Å². The molecular formula is C20H21F2NO3S. The number of ether oxygens (including phenoxy) is 1. The molecule has 2 atom stereocenters. The third-order valence-corrected chi connectivity index (χ3v) is 5.71. The lowest BCUT2D eigenvalue weighted by Crippen LogP contribution is -2.04. The van der Waals surface area contributed by atoms with Gasteiger partial charge in [-0.25, -0.2) is 13.8 Å². The molecule has 27 heavy (non-hydrogen) atoms. The van der Waals surface area contributed by atoms with E-state index in [1.54, 1.807) is 24.0 Å². The average molecular weight is 393 g/mol. The van der Waals surface area contributed by atoms with E-state index < -0.39 is 29.3 Å². The fourth-order valence-corrected chi connectivity index (χ4v) is 3.80. The van der Waals surface area contributed by atoms with E-state index in [-0.39, 0.29) is 12.5 Å². The van der Waals surface area contributed by atoms with E-state index >= 15 is 0 Å². The van der Waals surface area contributed by atoms with Gasteiger partial charge in [-0.1, -0.05) is 13.0 Å². The minimum absolute atomic E-state index is 0.0246. The van der Waals surface area contributed by atoms with Gasteiger partial charge >= 0.3 is 5.97 Å². The first-order chi connectivity index (χ1) is 13.0. The summed E-state index contributed by atoms with van der Waals surface area (Å²) in [6.07, 6.45) is 3.58. The number of carboxylic acid groups (broad SMARTS) is 1. The van der Waals surface area contributed by atoms with Gasteiger partial charge in [0.05, 0.1) is 5.92 Å². The molecular weight excluding hydrogens is 372 g/mol. The molecule has 1 aliphatic rings. The highest BCUT2D eigenvalue weighted by Gasteiger charge is 2.42. The first kappa shape index (κ1) is 19.6. The second-order valence-electron chi connectivity index (χ2n) is 6.64. The number of benzene rings is 1. The number of hydrogen-bond acceptors (Lipinski definition) is 4. The molecule has 1 aromatic heterocycles. The SMILES string of the molecule is CCCSc1ncccc1COc1c(F)cc(CC2CC2C(=O)O)cc1F. The van der Waals surface area contributed by atoms with Crippen LogP contribution in [0, 0.1) is 23.5 Å². The second kappa shape index (κ2) is 8.69. The number of halogens is 2. The molecule has 0 amide bonds. The molecule has 2 unspecified atom stereocenters. The van der Waals surface area contributed by atoms with Crippen LogP contribution >= 0.6 is 11.8 Å². The van der Waals surface area contributed by atoms with Gasteiger partial charge in [0.25, 0.3) is 0 Å². The number of nitrogens with zero attached hydrogens (tertiary/aromatic N) is 1. The number of rotatable bonds is 9. The van der Waals surface area contributed by atoms with Crippen LogP contribution in [0.3, 0.4) is 0 Å². The molecule has 1 N–H and O–H groups in total. The predicted octanol–water partition coefficient (Wildman–Crippen LogP) is 4.70. The number of aliphatic carboxylic acids is 1. The van der Waals surface area contributed by atoms with Crippen LogP contribution in [0.5, 0.6) is 5.75 Å². The van der Waals surface area contributed by atoms with Gasteiger partial charge in [0.1, 0.15) is 11.6 Å². The quantitative estimate of drug-likeness (QED) is 0.626. The summed E-state index contributed by atoms with van der Waals surface area (Å²) >= 11 is 1.58. The first-order valence-electron chi connectivity index (χ1n) is 8.89. The van der Waals surface area contributed by atoms with Crippen LogP contribution < -0.4 is 4.74 Å². The molecule has 0 bridgehead atoms. The molecule has 3 rings (SSSR count). The maximum Gasteiger partial charge on any atom is 0.306 e. The molecule has 1 saturated carbocycles. The number of pyridine rings is 1. The summed E-state index contributed by atoms with van der Waals surface area (Å²) in [5.41, 5.74) is 1.23. The highest BCUT2D eigenvalue weighted by atomic mass is 32.2. The Hall–Kier alpha value is -2.15. The molecule has 1 heterocycles. The Kier molecular flexibility index (Phi) is 6.31. The van der Waals surface area contributed by atoms with Crippen LogP contribution in [0.15, 0.2) is 35.5 Å². The van der Waals surface area contributed by atoms with E-state index in [1.165, 1.54) is 12.1 Å². The Labute approximate surface area is 161 Å². The average Bonchev–Trinajstić information content (AvgIpc) is 3.39. The van der Waals surface area contributed by atoms with E-state index in [9.17, 15) is 13.6 Å². The van der Waals surface area contributed by atoms with Gasteiger partial charge in [-0.15, -0.1) is 11.8 Å². The van der Waals surface area contributed by atoms with Gasteiger partial charge in [-0.2, -0.15) is 0 Å². The summed E-state index contributed by atoms with van der Waals surface area (Å²) in [6.45, 7) is 2.09. The highest BCUT2D eigenvalue weighted by molar-refractivity contribution is 7.99. The number of hydrogen-bond donors (Lipinski definition) is 1. The van der Waals surface area contributed by atoms with Crippen molar-refractivity contribution in [1.82, 2.24) is 4.98 Å². The van der Waals surface area contributed by atoms with Crippen molar-refractivity contribution in [2.75, 3.05) is 5.75 Å². The van der Waals surface area contributed by atoms with Crippen molar-refractivity contribution in [2.45, 2.75) is 37.8 Å². The molecule has 0 spiro atoms. The number of carbonyl (C=O) groups is 1. The normalized spacial score (nSPS) is 18.3. The van der Waals surface area contributed by atoms with Crippen molar-refractivity contribution in [2.24, 2.45) is 11.8 Å². The summed E-state index contributed by atoms with van der Waals surface area (Å²) in [5.74, 6) is -2.37. The molecule has 144 valence electrons. The maximum atomic E-state index is 14.3. The molecule has 1 fully saturated rings. The highest BCUT2D eigenvalue weighted by Crippen LogP contribution is 2.41. The van der Waals surface area contributed by atoms with Gasteiger partial charge < -0.3 is 9.84 Å². The maximum absolute atomic E-state index is 14.3. The first-order valence-corrected chi connectivity index (χ1v) is 9.88. The van der Waals surface area contributed by atoms with Crippen molar-refractivity contribution in [3.63, 3.8) is 0 Å². The Morgan fingerprint density at radius 3 is 2.74 bits per heavy atom. The van der Waals surface area contributed by atoms with Crippen molar-refractivity contribution in [3.05, 3.63) is 53.2 Å². The van der Waals surface area contributed by atoms with E-state index in [0.29, 0.717) is 18.4 Å². The zero-order chi connectivity index (χ0) is 19.4. The minimum atomic E-state index is -0.853. The van der Waals surface area contributed by atoms with Crippen LogP contribution in [-0.2, 0) is 17.8 Å². The van der Waals surface area contributed by atoms with Crippen molar-refractivity contribution < 1.29 is 23.4 Å². The molecule has 4 nitrogen and oxygen atoms in total. The lowest BCUT2D eigenvalue weighted by Gasteiger charge is -2.12. The molecule has 1 aliphatic carbocycles.